The largest absolute Gasteiger partial charge is 0.394 e. The van der Waals surface area contributed by atoms with Crippen LogP contribution < -0.4 is 10.6 Å². The first kappa shape index (κ1) is 67.1. The molecule has 34 atom stereocenters. The van der Waals surface area contributed by atoms with E-state index in [4.69, 9.17) is 61.6 Å². The summed E-state index contributed by atoms with van der Waals surface area (Å²) in [7, 11) is 0. The van der Waals surface area contributed by atoms with E-state index >= 15 is 0 Å². The lowest BCUT2D eigenvalue weighted by atomic mass is 9.93. The normalized spacial score (nSPS) is 50.2. The average Bonchev–Trinajstić information content (AvgIpc) is 3.88. The molecular formula is C45H76N2O35. The van der Waals surface area contributed by atoms with Crippen molar-refractivity contribution in [2.45, 2.75) is 223 Å². The van der Waals surface area contributed by atoms with Crippen molar-refractivity contribution in [2.24, 2.45) is 0 Å². The van der Waals surface area contributed by atoms with Gasteiger partial charge < -0.3 is 174 Å². The van der Waals surface area contributed by atoms with Crippen LogP contribution in [0.4, 0.5) is 0 Å². The molecule has 37 heteroatoms. The number of aliphatic hydroxyl groups is 20. The van der Waals surface area contributed by atoms with Gasteiger partial charge in [0.25, 0.3) is 0 Å². The second-order valence-electron chi connectivity index (χ2n) is 20.6. The average molecular weight is 1210 g/mol. The van der Waals surface area contributed by atoms with Crippen LogP contribution in [-0.4, -0.2) is 369 Å². The molecule has 476 valence electrons. The van der Waals surface area contributed by atoms with Gasteiger partial charge in [-0.3, -0.25) is 9.59 Å². The number of rotatable bonds is 21. The third-order valence-corrected chi connectivity index (χ3v) is 15.0. The Morgan fingerprint density at radius 1 is 0.317 bits per heavy atom. The Labute approximate surface area is 464 Å². The number of ether oxygens (including phenoxy) is 13. The molecule has 0 unspecified atom stereocenters. The van der Waals surface area contributed by atoms with Crippen molar-refractivity contribution in [3.05, 3.63) is 0 Å². The summed E-state index contributed by atoms with van der Waals surface area (Å²) in [4.78, 5) is 24.8. The molecule has 0 radical (unpaired) electrons. The van der Waals surface area contributed by atoms with Gasteiger partial charge in [0.1, 0.15) is 165 Å². The molecule has 0 saturated carbocycles. The van der Waals surface area contributed by atoms with E-state index in [9.17, 15) is 112 Å². The number of nitrogens with one attached hydrogen (secondary N) is 2. The first-order valence-electron chi connectivity index (χ1n) is 26.0. The fourth-order valence-corrected chi connectivity index (χ4v) is 10.5. The van der Waals surface area contributed by atoms with Crippen molar-refractivity contribution < 1.29 is 173 Å². The van der Waals surface area contributed by atoms with Crippen molar-refractivity contribution in [1.82, 2.24) is 10.6 Å². The quantitative estimate of drug-likeness (QED) is 0.0507. The van der Waals surface area contributed by atoms with E-state index in [0.29, 0.717) is 0 Å². The van der Waals surface area contributed by atoms with E-state index in [0.717, 1.165) is 13.8 Å². The maximum atomic E-state index is 12.8. The molecule has 7 aliphatic heterocycles. The fourth-order valence-electron chi connectivity index (χ4n) is 10.5. The van der Waals surface area contributed by atoms with Crippen LogP contribution in [0.2, 0.25) is 0 Å². The van der Waals surface area contributed by atoms with Gasteiger partial charge >= 0.3 is 0 Å². The van der Waals surface area contributed by atoms with Gasteiger partial charge in [0, 0.05) is 13.8 Å². The summed E-state index contributed by atoms with van der Waals surface area (Å²) in [5, 5.41) is 220. The molecule has 2 amide bonds. The van der Waals surface area contributed by atoms with Crippen LogP contribution in [0.3, 0.4) is 0 Å². The third kappa shape index (κ3) is 14.3. The highest BCUT2D eigenvalue weighted by Gasteiger charge is 2.59. The maximum absolute atomic E-state index is 12.8. The summed E-state index contributed by atoms with van der Waals surface area (Å²) >= 11 is 0. The van der Waals surface area contributed by atoms with Crippen LogP contribution in [0.1, 0.15) is 13.8 Å². The molecule has 7 fully saturated rings. The lowest BCUT2D eigenvalue weighted by molar-refractivity contribution is -0.399. The molecule has 7 heterocycles. The topological polar surface area (TPSA) is 583 Å². The van der Waals surface area contributed by atoms with E-state index in [-0.39, 0.29) is 0 Å². The number of hydrogen-bond donors (Lipinski definition) is 22. The highest BCUT2D eigenvalue weighted by Crippen LogP contribution is 2.38. The Morgan fingerprint density at radius 2 is 0.659 bits per heavy atom. The molecule has 0 aromatic heterocycles. The summed E-state index contributed by atoms with van der Waals surface area (Å²) in [5.41, 5.74) is 0. The highest BCUT2D eigenvalue weighted by atomic mass is 16.8. The first-order chi connectivity index (χ1) is 38.8. The molecule has 7 rings (SSSR count). The molecular weight excluding hydrogens is 1130 g/mol. The van der Waals surface area contributed by atoms with Crippen molar-refractivity contribution in [1.29, 1.82) is 0 Å². The van der Waals surface area contributed by atoms with E-state index in [2.05, 4.69) is 10.6 Å². The summed E-state index contributed by atoms with van der Waals surface area (Å²) in [5.74, 6) is -1.63. The molecule has 0 aliphatic carbocycles. The number of amides is 2. The SMILES string of the molecule is CC(=O)N[C@@H]1[C@@H](O)[C@H](O[C@@H]2O[C@H](CO)[C@@H](O[C@@H]3O[C@H](CO[C@H]4O[C@H](CO)[C@@H](O)[C@H](O[C@H]5O[C@H](CO)[C@@H](O)[C@H](O)[C@@H]5O)[C@@H]4O)[C@@H](O)[C@H](O[C@H]4O[C@H](CO)[C@@H](O)[C@H](O)[C@@H]4O)[C@@H]3O[C@@H]3O[C@H](CO)[C@H](O)[C@H]3O)[C@H](O)[C@H]2NC(C)=O)[C@@H](CO)O[C@H]1O. The Bertz CT molecular complexity index is 2010. The van der Waals surface area contributed by atoms with E-state index in [1.807, 2.05) is 0 Å². The van der Waals surface area contributed by atoms with Gasteiger partial charge in [0.2, 0.25) is 11.8 Å². The molecule has 37 nitrogen and oxygen atoms in total. The molecule has 0 aromatic rings. The van der Waals surface area contributed by atoms with Gasteiger partial charge in [0.15, 0.2) is 44.0 Å². The molecule has 22 N–H and O–H groups in total. The van der Waals surface area contributed by atoms with E-state index < -0.39 is 267 Å². The van der Waals surface area contributed by atoms with E-state index in [1.165, 1.54) is 0 Å². The monoisotopic (exact) mass is 1200 g/mol. The zero-order valence-corrected chi connectivity index (χ0v) is 43.6. The van der Waals surface area contributed by atoms with Gasteiger partial charge in [-0.2, -0.15) is 0 Å². The predicted molar refractivity (Wildman–Crippen MR) is 249 cm³/mol. The van der Waals surface area contributed by atoms with E-state index in [1.54, 1.807) is 0 Å². The van der Waals surface area contributed by atoms with Crippen molar-refractivity contribution in [3.8, 4) is 0 Å². The van der Waals surface area contributed by atoms with Crippen LogP contribution in [0.25, 0.3) is 0 Å². The lowest BCUT2D eigenvalue weighted by Crippen LogP contribution is -2.70. The van der Waals surface area contributed by atoms with Gasteiger partial charge in [-0.1, -0.05) is 0 Å². The summed E-state index contributed by atoms with van der Waals surface area (Å²) in [6, 6.07) is -3.43. The lowest BCUT2D eigenvalue weighted by Gasteiger charge is -2.51. The Kier molecular flexibility index (Phi) is 23.8. The summed E-state index contributed by atoms with van der Waals surface area (Å²) in [6.45, 7) is -4.94. The van der Waals surface area contributed by atoms with Crippen molar-refractivity contribution >= 4 is 11.8 Å². The third-order valence-electron chi connectivity index (χ3n) is 15.0. The van der Waals surface area contributed by atoms with Gasteiger partial charge in [-0.25, -0.2) is 0 Å². The molecule has 0 spiro atoms. The number of carbonyl (C=O) groups is 2. The smallest absolute Gasteiger partial charge is 0.217 e. The standard InChI is InChI=1S/C45H76N2O35/c1-10(54)46-19-26(61)34(16(7-52)71-39(19)69)78-40-20(47-11(2)55)27(62)35(17(8-53)76-40)79-45-38(82-42-30(65)23(58)14(5-50)75-42)37(81-44-32(67)29(64)22(57)13(4-49)74-44)25(60)18(77-45)9-70-41-33(68)36(24(59)15(6-51)72-41)80-43-31(66)28(63)21(56)12(3-48)73-43/h12-45,48-53,56-69H,3-9H2,1-2H3,(H,46,54)(H,47,55)/t12-,13-,14-,15-,16-,17-,18-,19-,20-,21-,22-,23+,24-,25-,26-,27-,28+,29+,30-,31+,32+,33+,34-,35-,36+,37+,38+,39-,40+,41+,42+,43-,44-,45+/m1/s1. The van der Waals surface area contributed by atoms with Crippen LogP contribution in [0, 0.1) is 0 Å². The Balaban J connectivity index is 1.24. The molecule has 0 aromatic carbocycles. The van der Waals surface area contributed by atoms with Crippen LogP contribution in [0.15, 0.2) is 0 Å². The zero-order chi connectivity index (χ0) is 60.3. The van der Waals surface area contributed by atoms with Crippen LogP contribution in [0.5, 0.6) is 0 Å². The molecule has 7 saturated heterocycles. The fraction of sp³-hybridized carbons (Fsp3) is 0.956. The van der Waals surface area contributed by atoms with Crippen LogP contribution in [-0.2, 0) is 71.2 Å². The minimum Gasteiger partial charge on any atom is -0.394 e. The number of aliphatic hydroxyl groups excluding tert-OH is 20. The maximum Gasteiger partial charge on any atom is 0.217 e. The number of carbonyl (C=O) groups excluding carboxylic acids is 2. The minimum absolute atomic E-state index is 0.745. The van der Waals surface area contributed by atoms with Gasteiger partial charge in [0.05, 0.1) is 46.2 Å². The summed E-state index contributed by atoms with van der Waals surface area (Å²) < 4.78 is 75.6. The Morgan fingerprint density at radius 3 is 1.15 bits per heavy atom. The van der Waals surface area contributed by atoms with Crippen molar-refractivity contribution in [3.63, 3.8) is 0 Å². The molecule has 7 aliphatic rings. The molecule has 82 heavy (non-hydrogen) atoms. The second kappa shape index (κ2) is 29.1. The minimum atomic E-state index is -2.29. The predicted octanol–water partition coefficient (Wildman–Crippen LogP) is -15.3. The zero-order valence-electron chi connectivity index (χ0n) is 43.6. The number of hydrogen-bond acceptors (Lipinski definition) is 35. The first-order valence-corrected chi connectivity index (χ1v) is 26.0. The highest BCUT2D eigenvalue weighted by molar-refractivity contribution is 5.73. The van der Waals surface area contributed by atoms with Gasteiger partial charge in [-0.15, -0.1) is 0 Å². The summed E-state index contributed by atoms with van der Waals surface area (Å²) in [6.07, 6.45) is -63.1. The second-order valence-corrected chi connectivity index (χ2v) is 20.6. The van der Waals surface area contributed by atoms with Gasteiger partial charge in [-0.05, 0) is 0 Å². The van der Waals surface area contributed by atoms with Crippen LogP contribution >= 0.6 is 0 Å². The van der Waals surface area contributed by atoms with Crippen molar-refractivity contribution in [2.75, 3.05) is 46.2 Å². The Hall–Kier alpha value is -2.38. The molecule has 0 bridgehead atoms.